The number of likely N-dealkylation sites (N-methyl/N-ethyl adjacent to an activating group) is 1. The number of ether oxygens (including phenoxy) is 1. The third-order valence-corrected chi connectivity index (χ3v) is 7.19. The Morgan fingerprint density at radius 1 is 1.22 bits per heavy atom. The van der Waals surface area contributed by atoms with E-state index in [1.165, 1.54) is 41.4 Å². The Kier molecular flexibility index (Phi) is 7.83. The minimum Gasteiger partial charge on any atom is -0.452 e. The molecule has 0 bridgehead atoms. The van der Waals surface area contributed by atoms with Crippen molar-refractivity contribution in [2.75, 3.05) is 13.6 Å². The van der Waals surface area contributed by atoms with Crippen molar-refractivity contribution in [3.8, 4) is 0 Å². The Balaban J connectivity index is 1.47. The summed E-state index contributed by atoms with van der Waals surface area (Å²) >= 11 is 7.31. The average molecular weight is 496 g/mol. The molecule has 0 saturated carbocycles. The molecule has 1 heterocycles. The molecule has 0 fully saturated rings. The van der Waals surface area contributed by atoms with Crippen LogP contribution < -0.4 is 4.72 Å². The number of hydrogen-bond acceptors (Lipinski definition) is 7. The zero-order chi connectivity index (χ0) is 23.3. The van der Waals surface area contributed by atoms with Crippen molar-refractivity contribution in [1.82, 2.24) is 14.6 Å². The fourth-order valence-electron chi connectivity index (χ4n) is 2.89. The van der Waals surface area contributed by atoms with Gasteiger partial charge in [-0.1, -0.05) is 29.8 Å². The number of rotatable bonds is 9. The van der Waals surface area contributed by atoms with Crippen LogP contribution in [-0.2, 0) is 30.9 Å². The first-order valence-electron chi connectivity index (χ1n) is 9.70. The maximum absolute atomic E-state index is 12.5. The minimum atomic E-state index is -3.81. The summed E-state index contributed by atoms with van der Waals surface area (Å²) in [5.41, 5.74) is 0.869. The van der Waals surface area contributed by atoms with Crippen molar-refractivity contribution in [3.05, 3.63) is 58.6 Å². The van der Waals surface area contributed by atoms with Crippen LogP contribution in [0.4, 0.5) is 0 Å². The van der Waals surface area contributed by atoms with Gasteiger partial charge in [0.25, 0.3) is 5.91 Å². The first kappa shape index (κ1) is 24.1. The number of nitrogens with zero attached hydrogens (tertiary/aromatic N) is 2. The molecule has 0 aliphatic rings. The maximum atomic E-state index is 12.5. The number of nitrogens with one attached hydrogen (secondary N) is 1. The number of sulfonamides is 1. The van der Waals surface area contributed by atoms with E-state index in [1.54, 1.807) is 13.1 Å². The number of esters is 1. The molecule has 1 aromatic heterocycles. The van der Waals surface area contributed by atoms with Crippen LogP contribution in [0.15, 0.2) is 53.4 Å². The highest BCUT2D eigenvalue weighted by Gasteiger charge is 2.23. The number of hydrogen-bond donors (Lipinski definition) is 1. The van der Waals surface area contributed by atoms with E-state index in [0.717, 1.165) is 15.2 Å². The van der Waals surface area contributed by atoms with Crippen molar-refractivity contribution in [2.24, 2.45) is 0 Å². The smallest absolute Gasteiger partial charge is 0.307 e. The van der Waals surface area contributed by atoms with E-state index < -0.39 is 22.1 Å². The van der Waals surface area contributed by atoms with Gasteiger partial charge in [0.05, 0.1) is 28.1 Å². The lowest BCUT2D eigenvalue weighted by Crippen LogP contribution is -2.37. The van der Waals surface area contributed by atoms with Crippen LogP contribution in [0, 0.1) is 0 Å². The summed E-state index contributed by atoms with van der Waals surface area (Å²) in [4.78, 5) is 30.6. The number of halogens is 1. The van der Waals surface area contributed by atoms with E-state index in [0.29, 0.717) is 6.54 Å². The van der Waals surface area contributed by atoms with Gasteiger partial charge >= 0.3 is 5.97 Å². The fraction of sp³-hybridized carbons (Fsp3) is 0.286. The molecule has 3 rings (SSSR count). The van der Waals surface area contributed by atoms with E-state index in [-0.39, 0.29) is 28.8 Å². The van der Waals surface area contributed by atoms with Crippen molar-refractivity contribution < 1.29 is 22.7 Å². The van der Waals surface area contributed by atoms with Gasteiger partial charge in [0.15, 0.2) is 6.10 Å². The van der Waals surface area contributed by atoms with Gasteiger partial charge in [-0.2, -0.15) is 0 Å². The number of aromatic nitrogens is 1. The fourth-order valence-corrected chi connectivity index (χ4v) is 5.24. The van der Waals surface area contributed by atoms with Crippen LogP contribution in [0.25, 0.3) is 10.2 Å². The van der Waals surface area contributed by atoms with Gasteiger partial charge in [-0.05, 0) is 37.3 Å². The lowest BCUT2D eigenvalue weighted by molar-refractivity contribution is -0.158. The second-order valence-corrected chi connectivity index (χ2v) is 10.3. The second kappa shape index (κ2) is 10.4. The van der Waals surface area contributed by atoms with Gasteiger partial charge in [-0.15, -0.1) is 11.3 Å². The summed E-state index contributed by atoms with van der Waals surface area (Å²) in [5.74, 6) is -1.06. The number of fused-ring (bicyclic) bond motifs is 1. The van der Waals surface area contributed by atoms with Gasteiger partial charge < -0.3 is 9.64 Å². The van der Waals surface area contributed by atoms with Crippen molar-refractivity contribution >= 4 is 55.1 Å². The molecular formula is C21H22ClN3O5S2. The Bertz CT molecular complexity index is 1200. The second-order valence-electron chi connectivity index (χ2n) is 7.01. The van der Waals surface area contributed by atoms with Crippen LogP contribution >= 0.6 is 22.9 Å². The number of para-hydroxylation sites is 1. The zero-order valence-electron chi connectivity index (χ0n) is 17.4. The molecule has 3 aromatic rings. The van der Waals surface area contributed by atoms with Gasteiger partial charge in [-0.3, -0.25) is 9.59 Å². The Morgan fingerprint density at radius 2 is 1.97 bits per heavy atom. The number of thiazole rings is 1. The number of benzene rings is 2. The van der Waals surface area contributed by atoms with E-state index >= 15 is 0 Å². The molecule has 0 radical (unpaired) electrons. The molecule has 1 atom stereocenters. The summed E-state index contributed by atoms with van der Waals surface area (Å²) in [6.07, 6.45) is -1.23. The van der Waals surface area contributed by atoms with E-state index in [2.05, 4.69) is 9.71 Å². The minimum absolute atomic E-state index is 0.00149. The summed E-state index contributed by atoms with van der Waals surface area (Å²) in [6.45, 7) is 1.60. The van der Waals surface area contributed by atoms with Crippen molar-refractivity contribution in [3.63, 3.8) is 0 Å². The first-order valence-corrected chi connectivity index (χ1v) is 12.4. The highest BCUT2D eigenvalue weighted by Crippen LogP contribution is 2.22. The van der Waals surface area contributed by atoms with Gasteiger partial charge in [0.1, 0.15) is 5.01 Å². The SMILES string of the molecule is CC(OC(=O)CCNS(=O)(=O)c1cccc(Cl)c1)C(=O)N(C)Cc1nc2ccccc2s1. The van der Waals surface area contributed by atoms with Crippen LogP contribution in [0.3, 0.4) is 0 Å². The summed E-state index contributed by atoms with van der Waals surface area (Å²) in [6, 6.07) is 13.5. The van der Waals surface area contributed by atoms with E-state index in [4.69, 9.17) is 16.3 Å². The molecule has 0 spiro atoms. The molecule has 2 aromatic carbocycles. The topological polar surface area (TPSA) is 106 Å². The Hall–Kier alpha value is -2.53. The third-order valence-electron chi connectivity index (χ3n) is 4.47. The standard InChI is InChI=1S/C21H22ClN3O5S2/c1-14(21(27)25(2)13-19-24-17-8-3-4-9-18(17)31-19)30-20(26)10-11-23-32(28,29)16-7-5-6-15(22)12-16/h3-9,12,14,23H,10-11,13H2,1-2H3. The van der Waals surface area contributed by atoms with Crippen LogP contribution in [0.5, 0.6) is 0 Å². The van der Waals surface area contributed by atoms with E-state index in [9.17, 15) is 18.0 Å². The largest absolute Gasteiger partial charge is 0.452 e. The molecule has 0 saturated heterocycles. The highest BCUT2D eigenvalue weighted by molar-refractivity contribution is 7.89. The zero-order valence-corrected chi connectivity index (χ0v) is 19.8. The number of amides is 1. The summed E-state index contributed by atoms with van der Waals surface area (Å²) in [5, 5.41) is 1.06. The quantitative estimate of drug-likeness (QED) is 0.457. The Morgan fingerprint density at radius 3 is 2.69 bits per heavy atom. The lowest BCUT2D eigenvalue weighted by atomic mass is 10.3. The predicted molar refractivity (Wildman–Crippen MR) is 123 cm³/mol. The average Bonchev–Trinajstić information content (AvgIpc) is 3.15. The van der Waals surface area contributed by atoms with Crippen molar-refractivity contribution in [1.29, 1.82) is 0 Å². The van der Waals surface area contributed by atoms with Gasteiger partial charge in [0.2, 0.25) is 10.0 Å². The molecule has 8 nitrogen and oxygen atoms in total. The summed E-state index contributed by atoms with van der Waals surface area (Å²) < 4.78 is 33.0. The first-order chi connectivity index (χ1) is 15.2. The molecule has 1 N–H and O–H groups in total. The van der Waals surface area contributed by atoms with Crippen LogP contribution in [0.2, 0.25) is 5.02 Å². The van der Waals surface area contributed by atoms with Crippen molar-refractivity contribution in [2.45, 2.75) is 30.9 Å². The van der Waals surface area contributed by atoms with Gasteiger partial charge in [-0.25, -0.2) is 18.1 Å². The van der Waals surface area contributed by atoms with Gasteiger partial charge in [0, 0.05) is 18.6 Å². The monoisotopic (exact) mass is 495 g/mol. The molecule has 11 heteroatoms. The molecule has 1 amide bonds. The molecule has 32 heavy (non-hydrogen) atoms. The molecule has 1 unspecified atom stereocenters. The summed E-state index contributed by atoms with van der Waals surface area (Å²) in [7, 11) is -2.20. The maximum Gasteiger partial charge on any atom is 0.307 e. The Labute approximate surface area is 195 Å². The molecular weight excluding hydrogens is 474 g/mol. The third kappa shape index (κ3) is 6.26. The molecule has 0 aliphatic carbocycles. The normalized spacial score (nSPS) is 12.5. The lowest BCUT2D eigenvalue weighted by Gasteiger charge is -2.20. The molecule has 170 valence electrons. The molecule has 0 aliphatic heterocycles. The predicted octanol–water partition coefficient (Wildman–Crippen LogP) is 3.21. The highest BCUT2D eigenvalue weighted by atomic mass is 35.5. The number of carbonyl (C=O) groups excluding carboxylic acids is 2. The van der Waals surface area contributed by atoms with Crippen LogP contribution in [-0.4, -0.2) is 49.9 Å². The van der Waals surface area contributed by atoms with E-state index in [1.807, 2.05) is 24.3 Å². The van der Waals surface area contributed by atoms with Crippen LogP contribution in [0.1, 0.15) is 18.4 Å². The number of carbonyl (C=O) groups is 2.